The first-order chi connectivity index (χ1) is 10.7. The number of carbonyl (C=O) groups excluding carboxylic acids is 1. The van der Waals surface area contributed by atoms with Gasteiger partial charge in [0.2, 0.25) is 0 Å². The van der Waals surface area contributed by atoms with Gasteiger partial charge in [-0.25, -0.2) is 0 Å². The van der Waals surface area contributed by atoms with Crippen LogP contribution in [0.1, 0.15) is 53.2 Å². The molecule has 0 aromatic heterocycles. The summed E-state index contributed by atoms with van der Waals surface area (Å²) in [6.07, 6.45) is -0.842. The Bertz CT molecular complexity index is 551. The predicted molar refractivity (Wildman–Crippen MR) is 84.7 cm³/mol. The molecule has 2 nitrogen and oxygen atoms in total. The summed E-state index contributed by atoms with van der Waals surface area (Å²) in [7, 11) is 0. The number of alkyl halides is 3. The lowest BCUT2D eigenvalue weighted by Crippen LogP contribution is -2.36. The van der Waals surface area contributed by atoms with Crippen LogP contribution < -0.4 is 0 Å². The zero-order chi connectivity index (χ0) is 17.2. The molecule has 1 fully saturated rings. The summed E-state index contributed by atoms with van der Waals surface area (Å²) in [6.45, 7) is 7.73. The second-order valence-corrected chi connectivity index (χ2v) is 6.61. The fourth-order valence-corrected chi connectivity index (χ4v) is 3.37. The lowest BCUT2D eigenvalue weighted by Gasteiger charge is -2.29. The van der Waals surface area contributed by atoms with E-state index in [0.717, 1.165) is 38.1 Å². The molecule has 1 atom stereocenters. The molecule has 0 N–H and O–H groups in total. The van der Waals surface area contributed by atoms with Gasteiger partial charge in [-0.1, -0.05) is 13.3 Å². The fourth-order valence-electron chi connectivity index (χ4n) is 3.37. The maximum atomic E-state index is 12.9. The Morgan fingerprint density at radius 1 is 1.13 bits per heavy atom. The second kappa shape index (κ2) is 7.04. The van der Waals surface area contributed by atoms with Gasteiger partial charge in [0.15, 0.2) is 5.78 Å². The van der Waals surface area contributed by atoms with Crippen molar-refractivity contribution in [3.8, 4) is 0 Å². The molecule has 2 rings (SSSR count). The number of likely N-dealkylation sites (tertiary alicyclic amines) is 1. The molecule has 0 spiro atoms. The minimum absolute atomic E-state index is 0.0562. The zero-order valence-electron chi connectivity index (χ0n) is 14.0. The molecule has 0 amide bonds. The second-order valence-electron chi connectivity index (χ2n) is 6.61. The van der Waals surface area contributed by atoms with Crippen LogP contribution in [-0.4, -0.2) is 30.3 Å². The Morgan fingerprint density at radius 3 is 2.13 bits per heavy atom. The smallest absolute Gasteiger partial charge is 0.303 e. The van der Waals surface area contributed by atoms with Crippen LogP contribution in [-0.2, 0) is 6.18 Å². The summed E-state index contributed by atoms with van der Waals surface area (Å²) in [4.78, 5) is 15.0. The largest absolute Gasteiger partial charge is 0.416 e. The van der Waals surface area contributed by atoms with Crippen LogP contribution in [0.4, 0.5) is 13.2 Å². The van der Waals surface area contributed by atoms with Crippen molar-refractivity contribution in [1.82, 2.24) is 4.90 Å². The van der Waals surface area contributed by atoms with E-state index in [2.05, 4.69) is 4.90 Å². The van der Waals surface area contributed by atoms with Crippen molar-refractivity contribution in [2.45, 2.75) is 46.2 Å². The van der Waals surface area contributed by atoms with E-state index in [0.29, 0.717) is 23.2 Å². The van der Waals surface area contributed by atoms with Gasteiger partial charge in [0, 0.05) is 18.0 Å². The number of hydrogen-bond acceptors (Lipinski definition) is 2. The molecule has 1 saturated heterocycles. The van der Waals surface area contributed by atoms with Gasteiger partial charge in [-0.05, 0) is 63.0 Å². The molecular weight excluding hydrogens is 303 g/mol. The first kappa shape index (κ1) is 18.0. The highest BCUT2D eigenvalue weighted by Gasteiger charge is 2.32. The Kier molecular flexibility index (Phi) is 5.50. The highest BCUT2D eigenvalue weighted by Crippen LogP contribution is 2.32. The van der Waals surface area contributed by atoms with Crippen LogP contribution >= 0.6 is 0 Å². The molecule has 0 radical (unpaired) electrons. The predicted octanol–water partition coefficient (Wildman–Crippen LogP) is 4.63. The number of carbonyl (C=O) groups is 1. The van der Waals surface area contributed by atoms with Gasteiger partial charge in [-0.3, -0.25) is 4.79 Å². The van der Waals surface area contributed by atoms with E-state index in [4.69, 9.17) is 0 Å². The molecule has 128 valence electrons. The first-order valence-corrected chi connectivity index (χ1v) is 8.15. The van der Waals surface area contributed by atoms with Crippen LogP contribution in [0.25, 0.3) is 0 Å². The molecule has 1 aromatic carbocycles. The lowest BCUT2D eigenvalue weighted by atomic mass is 9.90. The van der Waals surface area contributed by atoms with E-state index in [-0.39, 0.29) is 11.7 Å². The molecule has 0 bridgehead atoms. The van der Waals surface area contributed by atoms with Crippen molar-refractivity contribution in [3.05, 3.63) is 34.4 Å². The van der Waals surface area contributed by atoms with Gasteiger partial charge in [0.1, 0.15) is 0 Å². The Morgan fingerprint density at radius 2 is 1.65 bits per heavy atom. The molecule has 0 saturated carbocycles. The van der Waals surface area contributed by atoms with E-state index < -0.39 is 11.7 Å². The van der Waals surface area contributed by atoms with Crippen LogP contribution in [0.5, 0.6) is 0 Å². The van der Waals surface area contributed by atoms with Crippen molar-refractivity contribution >= 4 is 5.78 Å². The third kappa shape index (κ3) is 4.34. The van der Waals surface area contributed by atoms with Crippen LogP contribution in [0, 0.1) is 19.8 Å². The third-order valence-corrected chi connectivity index (χ3v) is 4.53. The van der Waals surface area contributed by atoms with Crippen LogP contribution in [0.15, 0.2) is 12.1 Å². The number of piperidine rings is 1. The normalized spacial score (nSPS) is 18.0. The highest BCUT2D eigenvalue weighted by molar-refractivity contribution is 6.00. The minimum Gasteiger partial charge on any atom is -0.303 e. The zero-order valence-corrected chi connectivity index (χ0v) is 14.0. The molecule has 1 unspecified atom stereocenters. The van der Waals surface area contributed by atoms with Crippen LogP contribution in [0.2, 0.25) is 0 Å². The quantitative estimate of drug-likeness (QED) is 0.752. The molecule has 0 aliphatic carbocycles. The van der Waals surface area contributed by atoms with E-state index in [1.54, 1.807) is 13.8 Å². The Hall–Kier alpha value is -1.36. The molecule has 23 heavy (non-hydrogen) atoms. The summed E-state index contributed by atoms with van der Waals surface area (Å²) < 4.78 is 38.6. The Balaban J connectivity index is 2.18. The fraction of sp³-hybridized carbons (Fsp3) is 0.611. The van der Waals surface area contributed by atoms with Crippen molar-refractivity contribution in [2.24, 2.45) is 5.92 Å². The van der Waals surface area contributed by atoms with E-state index >= 15 is 0 Å². The molecule has 1 heterocycles. The summed E-state index contributed by atoms with van der Waals surface area (Å²) in [5.74, 6) is -0.262. The maximum Gasteiger partial charge on any atom is 0.416 e. The maximum absolute atomic E-state index is 12.9. The van der Waals surface area contributed by atoms with Gasteiger partial charge < -0.3 is 4.90 Å². The van der Waals surface area contributed by atoms with Gasteiger partial charge in [-0.2, -0.15) is 13.2 Å². The Labute approximate surface area is 135 Å². The number of rotatable bonds is 4. The number of nitrogens with zero attached hydrogens (tertiary/aromatic N) is 1. The summed E-state index contributed by atoms with van der Waals surface area (Å²) in [5.41, 5.74) is 0.580. The van der Waals surface area contributed by atoms with E-state index in [1.807, 2.05) is 6.92 Å². The van der Waals surface area contributed by atoms with Gasteiger partial charge in [-0.15, -0.1) is 0 Å². The van der Waals surface area contributed by atoms with Crippen molar-refractivity contribution in [3.63, 3.8) is 0 Å². The standard InChI is InChI=1S/C18H24F3NO/c1-12-9-15(18(19,20)21)10-13(2)16(12)17(23)14(3)11-22-7-5-4-6-8-22/h9-10,14H,4-8,11H2,1-3H3. The molecule has 5 heteroatoms. The third-order valence-electron chi connectivity index (χ3n) is 4.53. The van der Waals surface area contributed by atoms with Gasteiger partial charge >= 0.3 is 6.18 Å². The lowest BCUT2D eigenvalue weighted by molar-refractivity contribution is -0.137. The van der Waals surface area contributed by atoms with Crippen molar-refractivity contribution in [2.75, 3.05) is 19.6 Å². The average Bonchev–Trinajstić information content (AvgIpc) is 2.46. The van der Waals surface area contributed by atoms with E-state index in [9.17, 15) is 18.0 Å². The number of ketones is 1. The molecular formula is C18H24F3NO. The summed E-state index contributed by atoms with van der Waals surface area (Å²) in [6, 6.07) is 2.15. The number of hydrogen-bond donors (Lipinski definition) is 0. The SMILES string of the molecule is Cc1cc(C(F)(F)F)cc(C)c1C(=O)C(C)CN1CCCCC1. The topological polar surface area (TPSA) is 20.3 Å². The summed E-state index contributed by atoms with van der Waals surface area (Å²) in [5, 5.41) is 0. The number of Topliss-reactive ketones (excluding diaryl/α,β-unsaturated/α-hetero) is 1. The van der Waals surface area contributed by atoms with Crippen LogP contribution in [0.3, 0.4) is 0 Å². The van der Waals surface area contributed by atoms with E-state index in [1.165, 1.54) is 6.42 Å². The number of halogens is 3. The minimum atomic E-state index is -4.38. The van der Waals surface area contributed by atoms with Gasteiger partial charge in [0.25, 0.3) is 0 Å². The molecule has 1 aliphatic rings. The monoisotopic (exact) mass is 327 g/mol. The molecule has 1 aliphatic heterocycles. The highest BCUT2D eigenvalue weighted by atomic mass is 19.4. The average molecular weight is 327 g/mol. The summed E-state index contributed by atoms with van der Waals surface area (Å²) >= 11 is 0. The molecule has 1 aromatic rings. The first-order valence-electron chi connectivity index (χ1n) is 8.15. The number of aryl methyl sites for hydroxylation is 2. The van der Waals surface area contributed by atoms with Gasteiger partial charge in [0.05, 0.1) is 5.56 Å². The number of benzene rings is 1. The van der Waals surface area contributed by atoms with Crippen molar-refractivity contribution in [1.29, 1.82) is 0 Å². The van der Waals surface area contributed by atoms with Crippen molar-refractivity contribution < 1.29 is 18.0 Å².